The third kappa shape index (κ3) is 3.27. The van der Waals surface area contributed by atoms with Gasteiger partial charge in [-0.2, -0.15) is 0 Å². The van der Waals surface area contributed by atoms with E-state index in [2.05, 4.69) is 30.9 Å². The van der Waals surface area contributed by atoms with Crippen LogP contribution in [0.3, 0.4) is 0 Å². The first kappa shape index (κ1) is 17.9. The molecule has 2 aromatic carbocycles. The van der Waals surface area contributed by atoms with E-state index in [1.807, 2.05) is 0 Å². The minimum atomic E-state index is -0.820. The summed E-state index contributed by atoms with van der Waals surface area (Å²) in [5.41, 5.74) is 2.95. The van der Waals surface area contributed by atoms with Gasteiger partial charge in [-0.3, -0.25) is 4.79 Å². The molecule has 1 fully saturated rings. The van der Waals surface area contributed by atoms with Gasteiger partial charge in [0.25, 0.3) is 5.91 Å². The van der Waals surface area contributed by atoms with Crippen LogP contribution in [0.1, 0.15) is 21.5 Å². The molecule has 0 atom stereocenters. The number of carbonyl (C=O) groups is 1. The molecule has 0 saturated carbocycles. The predicted octanol–water partition coefficient (Wildman–Crippen LogP) is 4.15. The standard InChI is InChI=1S/C20H19F2N3OS/c1-12-10-16-17(11-13(12)2)27-20(23-16)25-8-6-24(7-9-25)19(26)18-14(21)4-3-5-15(18)22/h3-5,10-11H,6-9H2,1-2H3. The Morgan fingerprint density at radius 2 is 1.67 bits per heavy atom. The van der Waals surface area contributed by atoms with Gasteiger partial charge in [0.1, 0.15) is 17.2 Å². The van der Waals surface area contributed by atoms with E-state index in [0.29, 0.717) is 26.2 Å². The van der Waals surface area contributed by atoms with E-state index in [1.165, 1.54) is 22.1 Å². The van der Waals surface area contributed by atoms with Gasteiger partial charge >= 0.3 is 0 Å². The maximum Gasteiger partial charge on any atom is 0.259 e. The second kappa shape index (κ2) is 6.88. The Balaban J connectivity index is 1.50. The quantitative estimate of drug-likeness (QED) is 0.663. The highest BCUT2D eigenvalue weighted by atomic mass is 32.1. The van der Waals surface area contributed by atoms with Crippen molar-refractivity contribution in [3.8, 4) is 0 Å². The Bertz CT molecular complexity index is 966. The van der Waals surface area contributed by atoms with Crippen LogP contribution in [0.15, 0.2) is 30.3 Å². The van der Waals surface area contributed by atoms with Crippen LogP contribution in [-0.4, -0.2) is 42.0 Å². The second-order valence-corrected chi connectivity index (χ2v) is 7.79. The number of benzene rings is 2. The lowest BCUT2D eigenvalue weighted by Crippen LogP contribution is -2.49. The number of hydrogen-bond acceptors (Lipinski definition) is 4. The van der Waals surface area contributed by atoms with E-state index < -0.39 is 23.1 Å². The molecule has 4 rings (SSSR count). The molecule has 1 saturated heterocycles. The molecule has 0 N–H and O–H groups in total. The minimum Gasteiger partial charge on any atom is -0.345 e. The summed E-state index contributed by atoms with van der Waals surface area (Å²) in [5, 5.41) is 0.916. The van der Waals surface area contributed by atoms with Crippen LogP contribution in [0.2, 0.25) is 0 Å². The van der Waals surface area contributed by atoms with Crippen LogP contribution in [0, 0.1) is 25.5 Å². The summed E-state index contributed by atoms with van der Waals surface area (Å²) in [4.78, 5) is 20.9. The van der Waals surface area contributed by atoms with E-state index in [0.717, 1.165) is 27.5 Å². The number of piperazine rings is 1. The zero-order valence-electron chi connectivity index (χ0n) is 15.1. The highest BCUT2D eigenvalue weighted by Gasteiger charge is 2.27. The molecule has 1 aliphatic heterocycles. The van der Waals surface area contributed by atoms with Crippen molar-refractivity contribution < 1.29 is 13.6 Å². The van der Waals surface area contributed by atoms with Crippen molar-refractivity contribution in [2.24, 2.45) is 0 Å². The summed E-state index contributed by atoms with van der Waals surface area (Å²) < 4.78 is 28.9. The van der Waals surface area contributed by atoms with Gasteiger partial charge in [-0.25, -0.2) is 13.8 Å². The van der Waals surface area contributed by atoms with Crippen molar-refractivity contribution in [1.29, 1.82) is 0 Å². The largest absolute Gasteiger partial charge is 0.345 e. The van der Waals surface area contributed by atoms with Gasteiger partial charge in [0, 0.05) is 26.2 Å². The van der Waals surface area contributed by atoms with E-state index in [-0.39, 0.29) is 0 Å². The van der Waals surface area contributed by atoms with Gasteiger partial charge in [-0.1, -0.05) is 17.4 Å². The maximum atomic E-state index is 13.9. The molecule has 1 aliphatic rings. The van der Waals surface area contributed by atoms with Crippen molar-refractivity contribution in [2.75, 3.05) is 31.1 Å². The molecular formula is C20H19F2N3OS. The van der Waals surface area contributed by atoms with Crippen LogP contribution in [0.4, 0.5) is 13.9 Å². The molecule has 0 unspecified atom stereocenters. The van der Waals surface area contributed by atoms with Crippen LogP contribution in [-0.2, 0) is 0 Å². The Morgan fingerprint density at radius 3 is 2.33 bits per heavy atom. The predicted molar refractivity (Wildman–Crippen MR) is 104 cm³/mol. The molecule has 4 nitrogen and oxygen atoms in total. The van der Waals surface area contributed by atoms with Crippen molar-refractivity contribution in [1.82, 2.24) is 9.88 Å². The molecule has 140 valence electrons. The van der Waals surface area contributed by atoms with Crippen LogP contribution in [0.5, 0.6) is 0 Å². The zero-order valence-corrected chi connectivity index (χ0v) is 15.9. The number of aromatic nitrogens is 1. The second-order valence-electron chi connectivity index (χ2n) is 6.78. The maximum absolute atomic E-state index is 13.9. The SMILES string of the molecule is Cc1cc2nc(N3CCN(C(=O)c4c(F)cccc4F)CC3)sc2cc1C. The first-order chi connectivity index (χ1) is 12.9. The number of rotatable bonds is 2. The van der Waals surface area contributed by atoms with E-state index in [1.54, 1.807) is 11.3 Å². The molecular weight excluding hydrogens is 368 g/mol. The topological polar surface area (TPSA) is 36.4 Å². The lowest BCUT2D eigenvalue weighted by molar-refractivity contribution is 0.0737. The molecule has 0 spiro atoms. The number of amides is 1. The van der Waals surface area contributed by atoms with Gasteiger partial charge in [0.05, 0.1) is 10.2 Å². The van der Waals surface area contributed by atoms with Crippen molar-refractivity contribution in [2.45, 2.75) is 13.8 Å². The number of aryl methyl sites for hydroxylation is 2. The van der Waals surface area contributed by atoms with Gasteiger partial charge in [-0.05, 0) is 49.2 Å². The smallest absolute Gasteiger partial charge is 0.259 e. The zero-order chi connectivity index (χ0) is 19.1. The third-order valence-corrected chi connectivity index (χ3v) is 6.09. The average Bonchev–Trinajstić information content (AvgIpc) is 3.04. The van der Waals surface area contributed by atoms with E-state index >= 15 is 0 Å². The molecule has 3 aromatic rings. The number of anilines is 1. The Labute approximate surface area is 160 Å². The molecule has 0 radical (unpaired) electrons. The number of thiazole rings is 1. The van der Waals surface area contributed by atoms with Crippen LogP contribution < -0.4 is 4.90 Å². The summed E-state index contributed by atoms with van der Waals surface area (Å²) in [6.07, 6.45) is 0. The monoisotopic (exact) mass is 387 g/mol. The molecule has 27 heavy (non-hydrogen) atoms. The molecule has 1 aromatic heterocycles. The molecule has 0 aliphatic carbocycles. The summed E-state index contributed by atoms with van der Waals surface area (Å²) >= 11 is 1.63. The number of carbonyl (C=O) groups excluding carboxylic acids is 1. The van der Waals surface area contributed by atoms with E-state index in [4.69, 9.17) is 4.98 Å². The summed E-state index contributed by atoms with van der Waals surface area (Å²) in [6.45, 7) is 6.13. The van der Waals surface area contributed by atoms with Crippen molar-refractivity contribution in [3.05, 3.63) is 58.7 Å². The molecule has 0 bridgehead atoms. The number of fused-ring (bicyclic) bond motifs is 1. The van der Waals surface area contributed by atoms with Crippen molar-refractivity contribution in [3.63, 3.8) is 0 Å². The fourth-order valence-electron chi connectivity index (χ4n) is 3.26. The highest BCUT2D eigenvalue weighted by molar-refractivity contribution is 7.22. The number of halogens is 2. The number of hydrogen-bond donors (Lipinski definition) is 0. The minimum absolute atomic E-state index is 0.403. The lowest BCUT2D eigenvalue weighted by Gasteiger charge is -2.34. The summed E-state index contributed by atoms with van der Waals surface area (Å²) in [5.74, 6) is -2.24. The normalized spacial score (nSPS) is 14.8. The Kier molecular flexibility index (Phi) is 4.55. The Morgan fingerprint density at radius 1 is 1.04 bits per heavy atom. The van der Waals surface area contributed by atoms with Gasteiger partial charge in [0.15, 0.2) is 5.13 Å². The summed E-state index contributed by atoms with van der Waals surface area (Å²) in [7, 11) is 0. The van der Waals surface area contributed by atoms with Gasteiger partial charge < -0.3 is 9.80 Å². The first-order valence-electron chi connectivity index (χ1n) is 8.80. The van der Waals surface area contributed by atoms with Crippen LogP contribution in [0.25, 0.3) is 10.2 Å². The third-order valence-electron chi connectivity index (χ3n) is 5.01. The first-order valence-corrected chi connectivity index (χ1v) is 9.61. The molecule has 2 heterocycles. The van der Waals surface area contributed by atoms with Crippen LogP contribution >= 0.6 is 11.3 Å². The fraction of sp³-hybridized carbons (Fsp3) is 0.300. The van der Waals surface area contributed by atoms with Gasteiger partial charge in [0.2, 0.25) is 0 Å². The Hall–Kier alpha value is -2.54. The fourth-order valence-corrected chi connectivity index (χ4v) is 4.36. The van der Waals surface area contributed by atoms with E-state index in [9.17, 15) is 13.6 Å². The highest BCUT2D eigenvalue weighted by Crippen LogP contribution is 2.31. The molecule has 1 amide bonds. The molecule has 7 heteroatoms. The summed E-state index contributed by atoms with van der Waals surface area (Å²) in [6, 6.07) is 7.71. The lowest BCUT2D eigenvalue weighted by atomic mass is 10.1. The van der Waals surface area contributed by atoms with Crippen molar-refractivity contribution >= 4 is 32.6 Å². The van der Waals surface area contributed by atoms with Gasteiger partial charge in [-0.15, -0.1) is 0 Å². The average molecular weight is 387 g/mol. The number of nitrogens with zero attached hydrogens (tertiary/aromatic N) is 3.